The van der Waals surface area contributed by atoms with Crippen molar-refractivity contribution in [2.24, 2.45) is 0 Å². The molecule has 0 aliphatic rings. The maximum absolute atomic E-state index is 12.3. The van der Waals surface area contributed by atoms with Crippen LogP contribution in [0.3, 0.4) is 0 Å². The SMILES string of the molecule is CC(C)n1cnnc1S[C@@H](C)C(=O)Nc1ccccc1[N+](=O)[O-]. The van der Waals surface area contributed by atoms with E-state index in [2.05, 4.69) is 15.5 Å². The lowest BCUT2D eigenvalue weighted by Gasteiger charge is -2.14. The zero-order chi connectivity index (χ0) is 17.0. The van der Waals surface area contributed by atoms with Crippen LogP contribution in [0.2, 0.25) is 0 Å². The molecular weight excluding hydrogens is 318 g/mol. The van der Waals surface area contributed by atoms with Crippen molar-refractivity contribution in [3.8, 4) is 0 Å². The second-order valence-electron chi connectivity index (χ2n) is 5.14. The van der Waals surface area contributed by atoms with Crippen molar-refractivity contribution in [2.45, 2.75) is 37.2 Å². The third-order valence-corrected chi connectivity index (χ3v) is 4.18. The Labute approximate surface area is 137 Å². The topological polar surface area (TPSA) is 103 Å². The van der Waals surface area contributed by atoms with Gasteiger partial charge in [0.05, 0.1) is 10.2 Å². The lowest BCUT2D eigenvalue weighted by atomic mass is 10.2. The van der Waals surface area contributed by atoms with Crippen LogP contribution in [0.1, 0.15) is 26.8 Å². The van der Waals surface area contributed by atoms with Gasteiger partial charge >= 0.3 is 0 Å². The number of nitrogens with one attached hydrogen (secondary N) is 1. The summed E-state index contributed by atoms with van der Waals surface area (Å²) < 4.78 is 1.86. The number of rotatable bonds is 6. The highest BCUT2D eigenvalue weighted by Crippen LogP contribution is 2.27. The fourth-order valence-electron chi connectivity index (χ4n) is 1.86. The molecule has 0 unspecified atom stereocenters. The van der Waals surface area contributed by atoms with Crippen molar-refractivity contribution in [2.75, 3.05) is 5.32 Å². The molecule has 1 N–H and O–H groups in total. The molecule has 122 valence electrons. The Morgan fingerprint density at radius 2 is 2.04 bits per heavy atom. The summed E-state index contributed by atoms with van der Waals surface area (Å²) in [6.07, 6.45) is 1.61. The van der Waals surface area contributed by atoms with E-state index < -0.39 is 10.2 Å². The number of thioether (sulfide) groups is 1. The lowest BCUT2D eigenvalue weighted by molar-refractivity contribution is -0.383. The molecule has 0 saturated heterocycles. The first-order valence-corrected chi connectivity index (χ1v) is 7.88. The standard InChI is InChI=1S/C14H17N5O3S/c1-9(2)18-8-15-17-14(18)23-10(3)13(20)16-11-6-4-5-7-12(11)19(21)22/h4-10H,1-3H3,(H,16,20)/t10-/m0/s1. The fraction of sp³-hybridized carbons (Fsp3) is 0.357. The number of nitro benzene ring substituents is 1. The molecule has 1 aromatic carbocycles. The Balaban J connectivity index is 2.09. The molecule has 0 aliphatic carbocycles. The summed E-state index contributed by atoms with van der Waals surface area (Å²) in [7, 11) is 0. The molecule has 0 bridgehead atoms. The number of nitrogens with zero attached hydrogens (tertiary/aromatic N) is 4. The second-order valence-corrected chi connectivity index (χ2v) is 6.45. The van der Waals surface area contributed by atoms with Crippen LogP contribution in [0.5, 0.6) is 0 Å². The smallest absolute Gasteiger partial charge is 0.292 e. The third kappa shape index (κ3) is 4.07. The molecule has 23 heavy (non-hydrogen) atoms. The Morgan fingerprint density at radius 3 is 2.70 bits per heavy atom. The Hall–Kier alpha value is -2.42. The first-order chi connectivity index (χ1) is 10.9. The van der Waals surface area contributed by atoms with E-state index in [9.17, 15) is 14.9 Å². The van der Waals surface area contributed by atoms with Gasteiger partial charge in [0.1, 0.15) is 12.0 Å². The average Bonchev–Trinajstić information content (AvgIpc) is 2.95. The Bertz CT molecular complexity index is 716. The molecule has 0 radical (unpaired) electrons. The highest BCUT2D eigenvalue weighted by Gasteiger charge is 2.21. The predicted molar refractivity (Wildman–Crippen MR) is 87.5 cm³/mol. The van der Waals surface area contributed by atoms with Crippen molar-refractivity contribution >= 4 is 29.0 Å². The summed E-state index contributed by atoms with van der Waals surface area (Å²) in [4.78, 5) is 22.7. The molecule has 1 heterocycles. The van der Waals surface area contributed by atoms with Crippen LogP contribution in [-0.4, -0.2) is 30.8 Å². The van der Waals surface area contributed by atoms with E-state index in [1.165, 1.54) is 23.9 Å². The van der Waals surface area contributed by atoms with Crippen LogP contribution in [0, 0.1) is 10.1 Å². The number of amides is 1. The minimum Gasteiger partial charge on any atom is -0.319 e. The number of hydrogen-bond donors (Lipinski definition) is 1. The number of carbonyl (C=O) groups excluding carboxylic acids is 1. The maximum Gasteiger partial charge on any atom is 0.292 e. The van der Waals surface area contributed by atoms with Crippen LogP contribution < -0.4 is 5.32 Å². The van der Waals surface area contributed by atoms with E-state index >= 15 is 0 Å². The van der Waals surface area contributed by atoms with Crippen molar-refractivity contribution in [1.82, 2.24) is 14.8 Å². The van der Waals surface area contributed by atoms with Crippen LogP contribution in [0.25, 0.3) is 0 Å². The summed E-state index contributed by atoms with van der Waals surface area (Å²) in [5, 5.41) is 21.6. The molecule has 2 rings (SSSR count). The lowest BCUT2D eigenvalue weighted by Crippen LogP contribution is -2.23. The molecule has 1 amide bonds. The number of hydrogen-bond acceptors (Lipinski definition) is 6. The molecular formula is C14H17N5O3S. The average molecular weight is 335 g/mol. The van der Waals surface area contributed by atoms with Gasteiger partial charge in [-0.2, -0.15) is 0 Å². The minimum atomic E-state index is -0.525. The van der Waals surface area contributed by atoms with Gasteiger partial charge in [0.2, 0.25) is 5.91 Å². The van der Waals surface area contributed by atoms with E-state index in [0.717, 1.165) is 0 Å². The van der Waals surface area contributed by atoms with Crippen molar-refractivity contribution in [3.05, 3.63) is 40.7 Å². The van der Waals surface area contributed by atoms with Crippen molar-refractivity contribution in [3.63, 3.8) is 0 Å². The van der Waals surface area contributed by atoms with Crippen LogP contribution in [0.4, 0.5) is 11.4 Å². The normalized spacial score (nSPS) is 12.2. The Kier molecular flexibility index (Phi) is 5.32. The third-order valence-electron chi connectivity index (χ3n) is 3.11. The quantitative estimate of drug-likeness (QED) is 0.494. The number of benzene rings is 1. The monoisotopic (exact) mass is 335 g/mol. The van der Waals surface area contributed by atoms with Gasteiger partial charge in [-0.1, -0.05) is 23.9 Å². The van der Waals surface area contributed by atoms with Gasteiger partial charge in [-0.05, 0) is 26.8 Å². The van der Waals surface area contributed by atoms with Gasteiger partial charge in [0.25, 0.3) is 5.69 Å². The summed E-state index contributed by atoms with van der Waals surface area (Å²) >= 11 is 1.25. The zero-order valence-electron chi connectivity index (χ0n) is 13.0. The second kappa shape index (κ2) is 7.23. The number of anilines is 1. The summed E-state index contributed by atoms with van der Waals surface area (Å²) in [5.74, 6) is -0.331. The van der Waals surface area contributed by atoms with Crippen molar-refractivity contribution < 1.29 is 9.72 Å². The molecule has 0 fully saturated rings. The highest BCUT2D eigenvalue weighted by molar-refractivity contribution is 8.00. The molecule has 1 aromatic heterocycles. The number of aromatic nitrogens is 3. The fourth-order valence-corrected chi connectivity index (χ4v) is 2.81. The largest absolute Gasteiger partial charge is 0.319 e. The molecule has 2 aromatic rings. The van der Waals surface area contributed by atoms with Gasteiger partial charge in [0, 0.05) is 12.1 Å². The molecule has 8 nitrogen and oxygen atoms in total. The number of carbonyl (C=O) groups is 1. The van der Waals surface area contributed by atoms with E-state index in [-0.39, 0.29) is 23.3 Å². The molecule has 9 heteroatoms. The van der Waals surface area contributed by atoms with E-state index in [4.69, 9.17) is 0 Å². The van der Waals surface area contributed by atoms with Crippen LogP contribution in [0.15, 0.2) is 35.7 Å². The minimum absolute atomic E-state index is 0.136. The van der Waals surface area contributed by atoms with Gasteiger partial charge in [-0.3, -0.25) is 14.9 Å². The highest BCUT2D eigenvalue weighted by atomic mass is 32.2. The first-order valence-electron chi connectivity index (χ1n) is 7.00. The number of para-hydroxylation sites is 2. The number of nitro groups is 1. The first kappa shape index (κ1) is 16.9. The molecule has 1 atom stereocenters. The molecule has 0 spiro atoms. The summed E-state index contributed by atoms with van der Waals surface area (Å²) in [5.41, 5.74) is 0.0451. The molecule has 0 saturated carbocycles. The van der Waals surface area contributed by atoms with E-state index in [0.29, 0.717) is 5.16 Å². The summed E-state index contributed by atoms with van der Waals surface area (Å²) in [6.45, 7) is 5.70. The van der Waals surface area contributed by atoms with Crippen molar-refractivity contribution in [1.29, 1.82) is 0 Å². The maximum atomic E-state index is 12.3. The van der Waals surface area contributed by atoms with Gasteiger partial charge < -0.3 is 9.88 Å². The summed E-state index contributed by atoms with van der Waals surface area (Å²) in [6, 6.07) is 6.22. The van der Waals surface area contributed by atoms with Gasteiger partial charge in [0.15, 0.2) is 5.16 Å². The van der Waals surface area contributed by atoms with Gasteiger partial charge in [-0.25, -0.2) is 0 Å². The molecule has 0 aliphatic heterocycles. The van der Waals surface area contributed by atoms with Crippen LogP contribution in [-0.2, 0) is 4.79 Å². The van der Waals surface area contributed by atoms with Gasteiger partial charge in [-0.15, -0.1) is 10.2 Å². The zero-order valence-corrected chi connectivity index (χ0v) is 13.8. The van der Waals surface area contributed by atoms with E-state index in [1.54, 1.807) is 25.4 Å². The van der Waals surface area contributed by atoms with Crippen LogP contribution >= 0.6 is 11.8 Å². The Morgan fingerprint density at radius 1 is 1.35 bits per heavy atom. The van der Waals surface area contributed by atoms with E-state index in [1.807, 2.05) is 18.4 Å². The predicted octanol–water partition coefficient (Wildman–Crippen LogP) is 2.89.